The fourth-order valence-electron chi connectivity index (χ4n) is 1.53. The highest BCUT2D eigenvalue weighted by Crippen LogP contribution is 2.27. The van der Waals surface area contributed by atoms with E-state index < -0.39 is 0 Å². The molecule has 1 saturated carbocycles. The van der Waals surface area contributed by atoms with Crippen LogP contribution in [0.15, 0.2) is 5.10 Å². The van der Waals surface area contributed by atoms with Crippen molar-refractivity contribution in [3.8, 4) is 0 Å². The molecule has 0 saturated heterocycles. The van der Waals surface area contributed by atoms with Gasteiger partial charge < -0.3 is 0 Å². The second kappa shape index (κ2) is 5.22. The summed E-state index contributed by atoms with van der Waals surface area (Å²) in [5, 5.41) is 3.97. The van der Waals surface area contributed by atoms with Crippen LogP contribution in [0.2, 0.25) is 0 Å². The first kappa shape index (κ1) is 10.5. The van der Waals surface area contributed by atoms with Crippen LogP contribution in [0.4, 0.5) is 0 Å². The number of hydrogen-bond donors (Lipinski definition) is 1. The summed E-state index contributed by atoms with van der Waals surface area (Å²) < 4.78 is 0. The highest BCUT2D eigenvalue weighted by molar-refractivity contribution is 6.20. The fourth-order valence-corrected chi connectivity index (χ4v) is 1.79. The molecule has 0 bridgehead atoms. The van der Waals surface area contributed by atoms with E-state index in [0.29, 0.717) is 0 Å². The van der Waals surface area contributed by atoms with Crippen molar-refractivity contribution < 1.29 is 4.79 Å². The zero-order valence-electron chi connectivity index (χ0n) is 7.79. The SMILES string of the molecule is C/C=N/NC(=O)C1CCC(Cl)CC1. The molecule has 0 aliphatic heterocycles. The van der Waals surface area contributed by atoms with Crippen LogP contribution in [-0.2, 0) is 4.79 Å². The minimum absolute atomic E-state index is 0.0293. The van der Waals surface area contributed by atoms with Crippen LogP contribution in [0.3, 0.4) is 0 Å². The molecule has 0 unspecified atom stereocenters. The summed E-state index contributed by atoms with van der Waals surface area (Å²) >= 11 is 5.93. The maximum atomic E-state index is 11.4. The highest BCUT2D eigenvalue weighted by Gasteiger charge is 2.24. The number of carbonyl (C=O) groups excluding carboxylic acids is 1. The van der Waals surface area contributed by atoms with Crippen molar-refractivity contribution in [1.82, 2.24) is 5.43 Å². The zero-order chi connectivity index (χ0) is 9.68. The third kappa shape index (κ3) is 3.35. The summed E-state index contributed by atoms with van der Waals surface area (Å²) in [5.41, 5.74) is 2.50. The van der Waals surface area contributed by atoms with E-state index in [-0.39, 0.29) is 17.2 Å². The molecular weight excluding hydrogens is 188 g/mol. The molecular formula is C9H15ClN2O. The number of hydrogen-bond acceptors (Lipinski definition) is 2. The molecule has 0 heterocycles. The maximum Gasteiger partial charge on any atom is 0.243 e. The lowest BCUT2D eigenvalue weighted by atomic mass is 9.88. The van der Waals surface area contributed by atoms with Gasteiger partial charge in [0.05, 0.1) is 0 Å². The van der Waals surface area contributed by atoms with Crippen molar-refractivity contribution >= 4 is 23.7 Å². The molecule has 0 aromatic carbocycles. The summed E-state index contributed by atoms with van der Waals surface area (Å²) in [7, 11) is 0. The standard InChI is InChI=1S/C9H15ClN2O/c1-2-11-12-9(13)7-3-5-8(10)6-4-7/h2,7-8H,3-6H2,1H3,(H,12,13)/b11-2+. The summed E-state index contributed by atoms with van der Waals surface area (Å²) in [6.45, 7) is 1.77. The molecule has 1 N–H and O–H groups in total. The van der Waals surface area contributed by atoms with Gasteiger partial charge in [0.15, 0.2) is 0 Å². The van der Waals surface area contributed by atoms with E-state index in [2.05, 4.69) is 10.5 Å². The van der Waals surface area contributed by atoms with E-state index in [9.17, 15) is 4.79 Å². The van der Waals surface area contributed by atoms with Gasteiger partial charge in [-0.15, -0.1) is 11.6 Å². The predicted molar refractivity (Wildman–Crippen MR) is 53.9 cm³/mol. The second-order valence-corrected chi connectivity index (χ2v) is 3.93. The van der Waals surface area contributed by atoms with E-state index in [0.717, 1.165) is 25.7 Å². The van der Waals surface area contributed by atoms with Gasteiger partial charge in [0.2, 0.25) is 5.91 Å². The Morgan fingerprint density at radius 2 is 2.08 bits per heavy atom. The van der Waals surface area contributed by atoms with Crippen molar-refractivity contribution in [1.29, 1.82) is 0 Å². The molecule has 1 rings (SSSR count). The molecule has 0 aromatic heterocycles. The predicted octanol–water partition coefficient (Wildman–Crippen LogP) is 1.91. The molecule has 1 amide bonds. The molecule has 13 heavy (non-hydrogen) atoms. The largest absolute Gasteiger partial charge is 0.273 e. The van der Waals surface area contributed by atoms with Crippen LogP contribution >= 0.6 is 11.6 Å². The average molecular weight is 203 g/mol. The van der Waals surface area contributed by atoms with Crippen molar-refractivity contribution in [3.63, 3.8) is 0 Å². The summed E-state index contributed by atoms with van der Waals surface area (Å²) in [6, 6.07) is 0. The molecule has 0 atom stereocenters. The molecule has 1 aliphatic carbocycles. The third-order valence-electron chi connectivity index (χ3n) is 2.33. The average Bonchev–Trinajstić information content (AvgIpc) is 2.15. The first-order chi connectivity index (χ1) is 6.24. The van der Waals surface area contributed by atoms with Gasteiger partial charge in [0, 0.05) is 17.5 Å². The van der Waals surface area contributed by atoms with Crippen molar-refractivity contribution in [3.05, 3.63) is 0 Å². The summed E-state index contributed by atoms with van der Waals surface area (Å²) in [5.74, 6) is 0.139. The zero-order valence-corrected chi connectivity index (χ0v) is 8.55. The minimum Gasteiger partial charge on any atom is -0.273 e. The van der Waals surface area contributed by atoms with Crippen LogP contribution in [0.1, 0.15) is 32.6 Å². The minimum atomic E-state index is 0.0293. The topological polar surface area (TPSA) is 41.5 Å². The molecule has 0 aromatic rings. The Bertz CT molecular complexity index is 198. The number of nitrogens with zero attached hydrogens (tertiary/aromatic N) is 1. The smallest absolute Gasteiger partial charge is 0.243 e. The van der Waals surface area contributed by atoms with E-state index in [1.165, 1.54) is 0 Å². The third-order valence-corrected chi connectivity index (χ3v) is 2.77. The van der Waals surface area contributed by atoms with E-state index in [1.807, 2.05) is 0 Å². The second-order valence-electron chi connectivity index (χ2n) is 3.31. The monoisotopic (exact) mass is 202 g/mol. The van der Waals surface area contributed by atoms with Crippen molar-refractivity contribution in [2.75, 3.05) is 0 Å². The first-order valence-electron chi connectivity index (χ1n) is 4.65. The molecule has 3 nitrogen and oxygen atoms in total. The molecule has 1 fully saturated rings. The van der Waals surface area contributed by atoms with Crippen LogP contribution in [0.5, 0.6) is 0 Å². The number of halogens is 1. The number of nitrogens with one attached hydrogen (secondary N) is 1. The number of carbonyl (C=O) groups is 1. The summed E-state index contributed by atoms with van der Waals surface area (Å²) in [4.78, 5) is 11.4. The van der Waals surface area contributed by atoms with Gasteiger partial charge in [0.1, 0.15) is 0 Å². The van der Waals surface area contributed by atoms with E-state index in [4.69, 9.17) is 11.6 Å². The lowest BCUT2D eigenvalue weighted by molar-refractivity contribution is -0.125. The van der Waals surface area contributed by atoms with E-state index in [1.54, 1.807) is 13.1 Å². The molecule has 74 valence electrons. The number of rotatable bonds is 2. The van der Waals surface area contributed by atoms with Gasteiger partial charge in [-0.25, -0.2) is 5.43 Å². The quantitative estimate of drug-likeness (QED) is 0.415. The molecule has 0 radical (unpaired) electrons. The van der Waals surface area contributed by atoms with Crippen LogP contribution in [0, 0.1) is 5.92 Å². The lowest BCUT2D eigenvalue weighted by Crippen LogP contribution is -2.30. The van der Waals surface area contributed by atoms with Crippen LogP contribution in [0.25, 0.3) is 0 Å². The Balaban J connectivity index is 2.31. The summed E-state index contributed by atoms with van der Waals surface area (Å²) in [6.07, 6.45) is 5.23. The molecule has 0 spiro atoms. The normalized spacial score (nSPS) is 29.1. The lowest BCUT2D eigenvalue weighted by Gasteiger charge is -2.22. The van der Waals surface area contributed by atoms with Crippen LogP contribution in [-0.4, -0.2) is 17.5 Å². The van der Waals surface area contributed by atoms with Crippen molar-refractivity contribution in [2.24, 2.45) is 11.0 Å². The fraction of sp³-hybridized carbons (Fsp3) is 0.778. The van der Waals surface area contributed by atoms with Gasteiger partial charge in [-0.2, -0.15) is 5.10 Å². The van der Waals surface area contributed by atoms with Crippen molar-refractivity contribution in [2.45, 2.75) is 38.0 Å². The van der Waals surface area contributed by atoms with Gasteiger partial charge in [-0.05, 0) is 32.6 Å². The van der Waals surface area contributed by atoms with Gasteiger partial charge >= 0.3 is 0 Å². The molecule has 4 heteroatoms. The van der Waals surface area contributed by atoms with E-state index >= 15 is 0 Å². The van der Waals surface area contributed by atoms with Crippen LogP contribution < -0.4 is 5.43 Å². The Morgan fingerprint density at radius 1 is 1.46 bits per heavy atom. The number of alkyl halides is 1. The number of hydrazone groups is 1. The van der Waals surface area contributed by atoms with Gasteiger partial charge in [-0.1, -0.05) is 0 Å². The maximum absolute atomic E-state index is 11.4. The first-order valence-corrected chi connectivity index (χ1v) is 5.09. The number of amides is 1. The molecule has 1 aliphatic rings. The Labute approximate surface area is 83.5 Å². The Morgan fingerprint density at radius 3 is 2.62 bits per heavy atom. The van der Waals surface area contributed by atoms with Gasteiger partial charge in [0.25, 0.3) is 0 Å². The Kier molecular flexibility index (Phi) is 4.22. The van der Waals surface area contributed by atoms with Gasteiger partial charge in [-0.3, -0.25) is 4.79 Å². The Hall–Kier alpha value is -0.570. The highest BCUT2D eigenvalue weighted by atomic mass is 35.5.